The first kappa shape index (κ1) is 13.4. The molecule has 98 valence electrons. The predicted molar refractivity (Wildman–Crippen MR) is 76.0 cm³/mol. The van der Waals surface area contributed by atoms with E-state index < -0.39 is 0 Å². The van der Waals surface area contributed by atoms with Crippen LogP contribution in [0.1, 0.15) is 17.3 Å². The lowest BCUT2D eigenvalue weighted by atomic mass is 10.2. The molecule has 2 rings (SSSR count). The lowest BCUT2D eigenvalue weighted by Gasteiger charge is -2.08. The van der Waals surface area contributed by atoms with Gasteiger partial charge >= 0.3 is 0 Å². The molecule has 19 heavy (non-hydrogen) atoms. The van der Waals surface area contributed by atoms with Crippen molar-refractivity contribution in [2.24, 2.45) is 0 Å². The quantitative estimate of drug-likeness (QED) is 0.919. The summed E-state index contributed by atoms with van der Waals surface area (Å²) >= 11 is 5.89. The highest BCUT2D eigenvalue weighted by atomic mass is 35.5. The van der Waals surface area contributed by atoms with Gasteiger partial charge in [-0.3, -0.25) is 4.79 Å². The van der Waals surface area contributed by atoms with Gasteiger partial charge in [0.25, 0.3) is 5.91 Å². The van der Waals surface area contributed by atoms with E-state index in [1.807, 2.05) is 19.1 Å². The third kappa shape index (κ3) is 3.73. The zero-order valence-corrected chi connectivity index (χ0v) is 11.3. The first-order valence-electron chi connectivity index (χ1n) is 6.00. The van der Waals surface area contributed by atoms with Gasteiger partial charge in [-0.1, -0.05) is 23.7 Å². The van der Waals surface area contributed by atoms with E-state index in [2.05, 4.69) is 5.32 Å². The molecule has 0 aromatic heterocycles. The summed E-state index contributed by atoms with van der Waals surface area (Å²) in [6.45, 7) is 2.47. The molecular formula is C15H14ClNO2. The minimum Gasteiger partial charge on any atom is -0.457 e. The van der Waals surface area contributed by atoms with Crippen LogP contribution in [-0.2, 0) is 0 Å². The number of carbonyl (C=O) groups is 1. The molecular weight excluding hydrogens is 262 g/mol. The highest BCUT2D eigenvalue weighted by molar-refractivity contribution is 6.30. The Kier molecular flexibility index (Phi) is 4.42. The van der Waals surface area contributed by atoms with Crippen molar-refractivity contribution < 1.29 is 9.53 Å². The Morgan fingerprint density at radius 2 is 1.84 bits per heavy atom. The standard InChI is InChI=1S/C15H14ClNO2/c1-2-17-15(18)11-5-3-7-13(9-11)19-14-8-4-6-12(16)10-14/h3-10H,2H2,1H3,(H,17,18). The molecule has 0 bridgehead atoms. The minimum atomic E-state index is -0.112. The molecule has 0 saturated heterocycles. The lowest BCUT2D eigenvalue weighted by Crippen LogP contribution is -2.22. The fourth-order valence-electron chi connectivity index (χ4n) is 1.63. The van der Waals surface area contributed by atoms with Crippen molar-refractivity contribution >= 4 is 17.5 Å². The molecule has 0 aliphatic rings. The number of carbonyl (C=O) groups excluding carboxylic acids is 1. The molecule has 0 saturated carbocycles. The van der Waals surface area contributed by atoms with Crippen LogP contribution >= 0.6 is 11.6 Å². The van der Waals surface area contributed by atoms with Crippen LogP contribution in [0.15, 0.2) is 48.5 Å². The van der Waals surface area contributed by atoms with E-state index in [-0.39, 0.29) is 5.91 Å². The molecule has 2 aromatic carbocycles. The maximum absolute atomic E-state index is 11.7. The molecule has 0 spiro atoms. The fraction of sp³-hybridized carbons (Fsp3) is 0.133. The van der Waals surface area contributed by atoms with Gasteiger partial charge < -0.3 is 10.1 Å². The maximum Gasteiger partial charge on any atom is 0.251 e. The molecule has 4 heteroatoms. The van der Waals surface area contributed by atoms with Gasteiger partial charge in [0.05, 0.1) is 0 Å². The Labute approximate surface area is 117 Å². The van der Waals surface area contributed by atoms with Crippen LogP contribution in [0.2, 0.25) is 5.02 Å². The van der Waals surface area contributed by atoms with Crippen LogP contribution in [0.25, 0.3) is 0 Å². The van der Waals surface area contributed by atoms with Crippen molar-refractivity contribution in [1.29, 1.82) is 0 Å². The second-order valence-corrected chi connectivity index (χ2v) is 4.38. The third-order valence-corrected chi connectivity index (χ3v) is 2.70. The normalized spacial score (nSPS) is 10.0. The van der Waals surface area contributed by atoms with E-state index in [0.29, 0.717) is 28.6 Å². The highest BCUT2D eigenvalue weighted by Gasteiger charge is 2.06. The first-order valence-corrected chi connectivity index (χ1v) is 6.38. The number of ether oxygens (including phenoxy) is 1. The summed E-state index contributed by atoms with van der Waals surface area (Å²) in [5.41, 5.74) is 0.571. The van der Waals surface area contributed by atoms with E-state index in [0.717, 1.165) is 0 Å². The summed E-state index contributed by atoms with van der Waals surface area (Å²) in [6, 6.07) is 14.1. The summed E-state index contributed by atoms with van der Waals surface area (Å²) < 4.78 is 5.66. The monoisotopic (exact) mass is 275 g/mol. The van der Waals surface area contributed by atoms with Crippen LogP contribution in [0, 0.1) is 0 Å². The Morgan fingerprint density at radius 1 is 1.16 bits per heavy atom. The van der Waals surface area contributed by atoms with Gasteiger partial charge in [-0.05, 0) is 43.3 Å². The molecule has 3 nitrogen and oxygen atoms in total. The smallest absolute Gasteiger partial charge is 0.251 e. The van der Waals surface area contributed by atoms with E-state index in [1.165, 1.54) is 0 Å². The van der Waals surface area contributed by atoms with Crippen LogP contribution in [0.3, 0.4) is 0 Å². The lowest BCUT2D eigenvalue weighted by molar-refractivity contribution is 0.0955. The molecule has 0 radical (unpaired) electrons. The Morgan fingerprint density at radius 3 is 2.53 bits per heavy atom. The number of nitrogens with one attached hydrogen (secondary N) is 1. The van der Waals surface area contributed by atoms with Gasteiger partial charge in [0.1, 0.15) is 11.5 Å². The summed E-state index contributed by atoms with van der Waals surface area (Å²) in [7, 11) is 0. The van der Waals surface area contributed by atoms with Gasteiger partial charge in [-0.15, -0.1) is 0 Å². The van der Waals surface area contributed by atoms with Crippen molar-refractivity contribution in [1.82, 2.24) is 5.32 Å². The second-order valence-electron chi connectivity index (χ2n) is 3.95. The molecule has 1 amide bonds. The third-order valence-electron chi connectivity index (χ3n) is 2.47. The molecule has 1 N–H and O–H groups in total. The molecule has 0 atom stereocenters. The average Bonchev–Trinajstić information content (AvgIpc) is 2.39. The van der Waals surface area contributed by atoms with Crippen LogP contribution < -0.4 is 10.1 Å². The highest BCUT2D eigenvalue weighted by Crippen LogP contribution is 2.24. The summed E-state index contributed by atoms with van der Waals surface area (Å²) in [4.78, 5) is 11.7. The van der Waals surface area contributed by atoms with Crippen LogP contribution in [0.5, 0.6) is 11.5 Å². The van der Waals surface area contributed by atoms with Gasteiger partial charge in [0, 0.05) is 17.1 Å². The van der Waals surface area contributed by atoms with Crippen molar-refractivity contribution in [2.75, 3.05) is 6.54 Å². The topological polar surface area (TPSA) is 38.3 Å². The number of hydrogen-bond acceptors (Lipinski definition) is 2. The van der Waals surface area contributed by atoms with Crippen molar-refractivity contribution in [3.05, 3.63) is 59.1 Å². The van der Waals surface area contributed by atoms with Gasteiger partial charge in [-0.2, -0.15) is 0 Å². The van der Waals surface area contributed by atoms with Crippen molar-refractivity contribution in [3.63, 3.8) is 0 Å². The Hall–Kier alpha value is -2.00. The zero-order chi connectivity index (χ0) is 13.7. The number of hydrogen-bond donors (Lipinski definition) is 1. The SMILES string of the molecule is CCNC(=O)c1cccc(Oc2cccc(Cl)c2)c1. The number of rotatable bonds is 4. The zero-order valence-electron chi connectivity index (χ0n) is 10.5. The number of benzene rings is 2. The summed E-state index contributed by atoms with van der Waals surface area (Å²) in [5.74, 6) is 1.13. The Balaban J connectivity index is 2.17. The van der Waals surface area contributed by atoms with E-state index in [1.54, 1.807) is 36.4 Å². The molecule has 0 unspecified atom stereocenters. The largest absolute Gasteiger partial charge is 0.457 e. The summed E-state index contributed by atoms with van der Waals surface area (Å²) in [5, 5.41) is 3.36. The van der Waals surface area contributed by atoms with Crippen LogP contribution in [-0.4, -0.2) is 12.5 Å². The minimum absolute atomic E-state index is 0.112. The fourth-order valence-corrected chi connectivity index (χ4v) is 1.81. The number of amides is 1. The van der Waals surface area contributed by atoms with Gasteiger partial charge in [0.2, 0.25) is 0 Å². The number of halogens is 1. The molecule has 0 aliphatic heterocycles. The van der Waals surface area contributed by atoms with Crippen molar-refractivity contribution in [3.8, 4) is 11.5 Å². The molecule has 0 aliphatic carbocycles. The van der Waals surface area contributed by atoms with E-state index in [4.69, 9.17) is 16.3 Å². The van der Waals surface area contributed by atoms with Gasteiger partial charge in [0.15, 0.2) is 0 Å². The van der Waals surface area contributed by atoms with Crippen LogP contribution in [0.4, 0.5) is 0 Å². The molecule has 0 heterocycles. The molecule has 2 aromatic rings. The Bertz CT molecular complexity index is 584. The molecule has 0 fully saturated rings. The predicted octanol–water partition coefficient (Wildman–Crippen LogP) is 3.88. The maximum atomic E-state index is 11.7. The summed E-state index contributed by atoms with van der Waals surface area (Å²) in [6.07, 6.45) is 0. The van der Waals surface area contributed by atoms with Crippen molar-refractivity contribution in [2.45, 2.75) is 6.92 Å². The first-order chi connectivity index (χ1) is 9.19. The average molecular weight is 276 g/mol. The van der Waals surface area contributed by atoms with E-state index in [9.17, 15) is 4.79 Å². The van der Waals surface area contributed by atoms with Gasteiger partial charge in [-0.25, -0.2) is 0 Å². The van der Waals surface area contributed by atoms with E-state index >= 15 is 0 Å². The second kappa shape index (κ2) is 6.25.